The van der Waals surface area contributed by atoms with Crippen molar-refractivity contribution in [2.45, 2.75) is 13.5 Å². The molecule has 0 aliphatic heterocycles. The Hall–Kier alpha value is -1.13. The molecule has 0 spiro atoms. The number of rotatable bonds is 2. The number of benzene rings is 1. The SMILES string of the molecule is Cc1oc(CN)nc1-c1ccccc1Br. The Morgan fingerprint density at radius 2 is 2.13 bits per heavy atom. The number of hydrogen-bond donors (Lipinski definition) is 1. The van der Waals surface area contributed by atoms with Crippen molar-refractivity contribution in [1.82, 2.24) is 4.98 Å². The molecule has 1 heterocycles. The third kappa shape index (κ3) is 1.96. The maximum absolute atomic E-state index is 5.48. The summed E-state index contributed by atoms with van der Waals surface area (Å²) >= 11 is 3.49. The van der Waals surface area contributed by atoms with Crippen LogP contribution in [0.5, 0.6) is 0 Å². The molecule has 2 N–H and O–H groups in total. The molecule has 0 amide bonds. The second-order valence-electron chi connectivity index (χ2n) is 3.20. The fourth-order valence-corrected chi connectivity index (χ4v) is 1.91. The van der Waals surface area contributed by atoms with Crippen LogP contribution in [0.1, 0.15) is 11.7 Å². The Bertz CT molecular complexity index is 479. The summed E-state index contributed by atoms with van der Waals surface area (Å²) in [5.41, 5.74) is 7.36. The average molecular weight is 267 g/mol. The van der Waals surface area contributed by atoms with Gasteiger partial charge < -0.3 is 10.2 Å². The summed E-state index contributed by atoms with van der Waals surface area (Å²) in [4.78, 5) is 4.34. The summed E-state index contributed by atoms with van der Waals surface area (Å²) in [5.74, 6) is 1.36. The Morgan fingerprint density at radius 1 is 1.40 bits per heavy atom. The van der Waals surface area contributed by atoms with Crippen LogP contribution in [0.15, 0.2) is 33.2 Å². The predicted molar refractivity (Wildman–Crippen MR) is 62.3 cm³/mol. The maximum atomic E-state index is 5.48. The van der Waals surface area contributed by atoms with E-state index in [1.165, 1.54) is 0 Å². The van der Waals surface area contributed by atoms with Crippen LogP contribution >= 0.6 is 15.9 Å². The summed E-state index contributed by atoms with van der Waals surface area (Å²) in [5, 5.41) is 0. The minimum atomic E-state index is 0.325. The van der Waals surface area contributed by atoms with Gasteiger partial charge in [0.25, 0.3) is 0 Å². The van der Waals surface area contributed by atoms with E-state index in [-0.39, 0.29) is 0 Å². The molecule has 2 aromatic rings. The molecule has 3 nitrogen and oxygen atoms in total. The molecule has 15 heavy (non-hydrogen) atoms. The molecule has 0 saturated heterocycles. The van der Waals surface area contributed by atoms with Gasteiger partial charge in [-0.25, -0.2) is 4.98 Å². The Kier molecular flexibility index (Phi) is 2.88. The van der Waals surface area contributed by atoms with E-state index < -0.39 is 0 Å². The van der Waals surface area contributed by atoms with Crippen molar-refractivity contribution in [2.75, 3.05) is 0 Å². The van der Waals surface area contributed by atoms with E-state index in [9.17, 15) is 0 Å². The molecule has 0 radical (unpaired) electrons. The van der Waals surface area contributed by atoms with Crippen molar-refractivity contribution in [2.24, 2.45) is 5.73 Å². The van der Waals surface area contributed by atoms with Crippen LogP contribution in [-0.2, 0) is 6.54 Å². The van der Waals surface area contributed by atoms with Crippen LogP contribution in [0.2, 0.25) is 0 Å². The van der Waals surface area contributed by atoms with Gasteiger partial charge in [-0.3, -0.25) is 0 Å². The molecule has 0 aliphatic rings. The third-order valence-corrected chi connectivity index (χ3v) is 2.84. The smallest absolute Gasteiger partial charge is 0.208 e. The van der Waals surface area contributed by atoms with Crippen molar-refractivity contribution in [3.05, 3.63) is 40.4 Å². The molecule has 0 unspecified atom stereocenters. The Morgan fingerprint density at radius 3 is 2.73 bits per heavy atom. The van der Waals surface area contributed by atoms with Gasteiger partial charge >= 0.3 is 0 Å². The number of aromatic nitrogens is 1. The van der Waals surface area contributed by atoms with Crippen LogP contribution in [-0.4, -0.2) is 4.98 Å². The van der Waals surface area contributed by atoms with E-state index in [2.05, 4.69) is 20.9 Å². The summed E-state index contributed by atoms with van der Waals surface area (Å²) in [6, 6.07) is 7.91. The molecule has 1 aromatic heterocycles. The maximum Gasteiger partial charge on any atom is 0.208 e. The molecule has 1 aromatic carbocycles. The number of nitrogens with two attached hydrogens (primary N) is 1. The molecule has 4 heteroatoms. The number of halogens is 1. The summed E-state index contributed by atoms with van der Waals surface area (Å²) in [6.45, 7) is 2.21. The Balaban J connectivity index is 2.54. The molecule has 0 atom stereocenters. The normalized spacial score (nSPS) is 10.6. The lowest BCUT2D eigenvalue weighted by Crippen LogP contribution is -1.95. The van der Waals surface area contributed by atoms with E-state index in [4.69, 9.17) is 10.2 Å². The number of nitrogens with zero attached hydrogens (tertiary/aromatic N) is 1. The zero-order valence-corrected chi connectivity index (χ0v) is 9.91. The van der Waals surface area contributed by atoms with Gasteiger partial charge in [-0.05, 0) is 13.0 Å². The number of aryl methyl sites for hydroxylation is 1. The molecule has 0 saturated carbocycles. The standard InChI is InChI=1S/C11H11BrN2O/c1-7-11(14-10(6-13)15-7)8-4-2-3-5-9(8)12/h2-5H,6,13H2,1H3. The molecule has 0 aliphatic carbocycles. The van der Waals surface area contributed by atoms with Gasteiger partial charge in [-0.2, -0.15) is 0 Å². The lowest BCUT2D eigenvalue weighted by molar-refractivity contribution is 0.474. The van der Waals surface area contributed by atoms with Crippen molar-refractivity contribution in [3.63, 3.8) is 0 Å². The van der Waals surface area contributed by atoms with Crippen molar-refractivity contribution < 1.29 is 4.42 Å². The monoisotopic (exact) mass is 266 g/mol. The van der Waals surface area contributed by atoms with E-state index in [0.29, 0.717) is 12.4 Å². The minimum absolute atomic E-state index is 0.325. The third-order valence-electron chi connectivity index (χ3n) is 2.14. The summed E-state index contributed by atoms with van der Waals surface area (Å²) < 4.78 is 6.42. The van der Waals surface area contributed by atoms with E-state index >= 15 is 0 Å². The Labute approximate surface area is 96.4 Å². The predicted octanol–water partition coefficient (Wildman–Crippen LogP) is 2.87. The zero-order chi connectivity index (χ0) is 10.8. The quantitative estimate of drug-likeness (QED) is 0.910. The number of hydrogen-bond acceptors (Lipinski definition) is 3. The first-order valence-corrected chi connectivity index (χ1v) is 5.43. The lowest BCUT2D eigenvalue weighted by atomic mass is 10.1. The van der Waals surface area contributed by atoms with E-state index in [1.807, 2.05) is 31.2 Å². The second kappa shape index (κ2) is 4.16. The topological polar surface area (TPSA) is 52.0 Å². The van der Waals surface area contributed by atoms with Gasteiger partial charge in [-0.1, -0.05) is 34.1 Å². The second-order valence-corrected chi connectivity index (χ2v) is 4.05. The van der Waals surface area contributed by atoms with E-state index in [0.717, 1.165) is 21.5 Å². The van der Waals surface area contributed by atoms with Crippen LogP contribution in [0.3, 0.4) is 0 Å². The first-order chi connectivity index (χ1) is 7.22. The largest absolute Gasteiger partial charge is 0.444 e. The fraction of sp³-hybridized carbons (Fsp3) is 0.182. The van der Waals surface area contributed by atoms with Gasteiger partial charge in [0.05, 0.1) is 6.54 Å². The first kappa shape index (κ1) is 10.4. The van der Waals surface area contributed by atoms with Crippen molar-refractivity contribution in [1.29, 1.82) is 0 Å². The fourth-order valence-electron chi connectivity index (χ4n) is 1.44. The molecular formula is C11H11BrN2O. The highest BCUT2D eigenvalue weighted by atomic mass is 79.9. The summed E-state index contributed by atoms with van der Waals surface area (Å²) in [6.07, 6.45) is 0. The molecule has 0 bridgehead atoms. The number of oxazole rings is 1. The van der Waals surface area contributed by atoms with E-state index in [1.54, 1.807) is 0 Å². The highest BCUT2D eigenvalue weighted by molar-refractivity contribution is 9.10. The molecule has 2 rings (SSSR count). The van der Waals surface area contributed by atoms with Gasteiger partial charge in [-0.15, -0.1) is 0 Å². The van der Waals surface area contributed by atoms with Gasteiger partial charge in [0.15, 0.2) is 0 Å². The van der Waals surface area contributed by atoms with Crippen LogP contribution < -0.4 is 5.73 Å². The summed E-state index contributed by atoms with van der Waals surface area (Å²) in [7, 11) is 0. The van der Waals surface area contributed by atoms with Gasteiger partial charge in [0, 0.05) is 10.0 Å². The minimum Gasteiger partial charge on any atom is -0.444 e. The van der Waals surface area contributed by atoms with Crippen LogP contribution in [0.25, 0.3) is 11.3 Å². The van der Waals surface area contributed by atoms with Crippen molar-refractivity contribution >= 4 is 15.9 Å². The lowest BCUT2D eigenvalue weighted by Gasteiger charge is -1.99. The first-order valence-electron chi connectivity index (χ1n) is 4.63. The van der Waals surface area contributed by atoms with Crippen LogP contribution in [0, 0.1) is 6.92 Å². The highest BCUT2D eigenvalue weighted by Gasteiger charge is 2.12. The molecular weight excluding hydrogens is 256 g/mol. The van der Waals surface area contributed by atoms with Crippen molar-refractivity contribution in [3.8, 4) is 11.3 Å². The van der Waals surface area contributed by atoms with Gasteiger partial charge in [0.2, 0.25) is 5.89 Å². The van der Waals surface area contributed by atoms with Crippen LogP contribution in [0.4, 0.5) is 0 Å². The molecule has 78 valence electrons. The van der Waals surface area contributed by atoms with Gasteiger partial charge in [0.1, 0.15) is 11.5 Å². The highest BCUT2D eigenvalue weighted by Crippen LogP contribution is 2.29. The average Bonchev–Trinajstić information content (AvgIpc) is 2.60. The zero-order valence-electron chi connectivity index (χ0n) is 8.33. The molecule has 0 fully saturated rings.